The summed E-state index contributed by atoms with van der Waals surface area (Å²) >= 11 is 0. The Morgan fingerprint density at radius 2 is 1.48 bits per heavy atom. The average Bonchev–Trinajstić information content (AvgIpc) is 2.59. The normalized spacial score (nSPS) is 11.7. The van der Waals surface area contributed by atoms with Crippen molar-refractivity contribution in [1.29, 1.82) is 0 Å². The second-order valence-electron chi connectivity index (χ2n) is 7.78. The molecule has 0 aromatic rings. The summed E-state index contributed by atoms with van der Waals surface area (Å²) < 4.78 is 5.48. The van der Waals surface area contributed by atoms with Crippen molar-refractivity contribution in [3.05, 3.63) is 0 Å². The fourth-order valence-corrected chi connectivity index (χ4v) is 2.90. The summed E-state index contributed by atoms with van der Waals surface area (Å²) in [6.07, 6.45) is 14.1. The van der Waals surface area contributed by atoms with Crippen molar-refractivity contribution < 1.29 is 14.6 Å². The van der Waals surface area contributed by atoms with Gasteiger partial charge in [-0.3, -0.25) is 4.79 Å². The molecule has 0 aliphatic rings. The lowest BCUT2D eigenvalue weighted by molar-refractivity contribution is -0.154. The van der Waals surface area contributed by atoms with E-state index in [2.05, 4.69) is 12.2 Å². The second-order valence-corrected chi connectivity index (χ2v) is 7.78. The van der Waals surface area contributed by atoms with E-state index in [4.69, 9.17) is 9.84 Å². The number of esters is 1. The van der Waals surface area contributed by atoms with E-state index in [1.165, 1.54) is 44.9 Å². The largest absolute Gasteiger partial charge is 0.465 e. The first kappa shape index (κ1) is 24.4. The molecule has 0 radical (unpaired) electrons. The molecule has 0 aliphatic heterocycles. The van der Waals surface area contributed by atoms with Gasteiger partial charge in [0.1, 0.15) is 0 Å². The minimum atomic E-state index is -0.365. The third-order valence-electron chi connectivity index (χ3n) is 4.73. The Balaban J connectivity index is 3.56. The number of carbonyl (C=O) groups is 1. The monoisotopic (exact) mass is 357 g/mol. The Bertz CT molecular complexity index is 306. The zero-order valence-electron chi connectivity index (χ0n) is 17.1. The lowest BCUT2D eigenvalue weighted by atomic mass is 9.87. The van der Waals surface area contributed by atoms with Crippen LogP contribution in [0.1, 0.15) is 97.8 Å². The third kappa shape index (κ3) is 15.4. The van der Waals surface area contributed by atoms with Crippen molar-refractivity contribution in [3.8, 4) is 0 Å². The minimum Gasteiger partial charge on any atom is -0.465 e. The summed E-state index contributed by atoms with van der Waals surface area (Å²) in [5, 5.41) is 11.9. The summed E-state index contributed by atoms with van der Waals surface area (Å²) in [5.74, 6) is -0.0388. The number of unbranched alkanes of at least 4 members (excludes halogenated alkanes) is 9. The molecule has 0 bridgehead atoms. The highest BCUT2D eigenvalue weighted by molar-refractivity contribution is 5.75. The van der Waals surface area contributed by atoms with Gasteiger partial charge < -0.3 is 15.2 Å². The van der Waals surface area contributed by atoms with Crippen LogP contribution in [0.5, 0.6) is 0 Å². The molecule has 0 fully saturated rings. The summed E-state index contributed by atoms with van der Waals surface area (Å²) in [6, 6.07) is 0. The first-order valence-corrected chi connectivity index (χ1v) is 10.5. The van der Waals surface area contributed by atoms with E-state index in [-0.39, 0.29) is 18.0 Å². The van der Waals surface area contributed by atoms with Crippen LogP contribution in [0, 0.1) is 5.41 Å². The first-order chi connectivity index (χ1) is 12.0. The molecule has 0 saturated heterocycles. The van der Waals surface area contributed by atoms with Gasteiger partial charge in [0.2, 0.25) is 0 Å². The van der Waals surface area contributed by atoms with Crippen molar-refractivity contribution in [3.63, 3.8) is 0 Å². The molecule has 0 rings (SSSR count). The van der Waals surface area contributed by atoms with Gasteiger partial charge in [-0.2, -0.15) is 0 Å². The van der Waals surface area contributed by atoms with Gasteiger partial charge in [0.05, 0.1) is 18.6 Å². The van der Waals surface area contributed by atoms with E-state index in [9.17, 15) is 4.79 Å². The molecular formula is C21H43NO3. The molecule has 0 aromatic heterocycles. The Morgan fingerprint density at radius 3 is 2.16 bits per heavy atom. The van der Waals surface area contributed by atoms with Crippen LogP contribution >= 0.6 is 0 Å². The van der Waals surface area contributed by atoms with Crippen LogP contribution in [0.2, 0.25) is 0 Å². The maximum Gasteiger partial charge on any atom is 0.311 e. The molecule has 0 amide bonds. The SMILES string of the molecule is CCCCCCCCCOC(=O)C(C)(C)CCCCCCNCCO. The van der Waals surface area contributed by atoms with E-state index in [1.807, 2.05) is 13.8 Å². The van der Waals surface area contributed by atoms with Gasteiger partial charge in [0.25, 0.3) is 0 Å². The molecule has 4 heteroatoms. The van der Waals surface area contributed by atoms with Crippen LogP contribution in [-0.4, -0.2) is 37.4 Å². The maximum absolute atomic E-state index is 12.2. The highest BCUT2D eigenvalue weighted by Crippen LogP contribution is 2.25. The smallest absolute Gasteiger partial charge is 0.311 e. The number of hydrogen-bond donors (Lipinski definition) is 2. The van der Waals surface area contributed by atoms with Gasteiger partial charge >= 0.3 is 5.97 Å². The Hall–Kier alpha value is -0.610. The zero-order valence-corrected chi connectivity index (χ0v) is 17.1. The van der Waals surface area contributed by atoms with Gasteiger partial charge in [-0.15, -0.1) is 0 Å². The number of ether oxygens (including phenoxy) is 1. The van der Waals surface area contributed by atoms with Gasteiger partial charge in [-0.05, 0) is 39.7 Å². The number of hydrogen-bond acceptors (Lipinski definition) is 4. The highest BCUT2D eigenvalue weighted by atomic mass is 16.5. The molecule has 0 aliphatic carbocycles. The Labute approximate surface area is 156 Å². The van der Waals surface area contributed by atoms with E-state index in [1.54, 1.807) is 0 Å². The minimum absolute atomic E-state index is 0.0388. The molecule has 0 unspecified atom stereocenters. The summed E-state index contributed by atoms with van der Waals surface area (Å²) in [4.78, 5) is 12.2. The molecule has 2 N–H and O–H groups in total. The molecule has 0 aromatic carbocycles. The fourth-order valence-electron chi connectivity index (χ4n) is 2.90. The van der Waals surface area contributed by atoms with E-state index < -0.39 is 0 Å². The highest BCUT2D eigenvalue weighted by Gasteiger charge is 2.28. The van der Waals surface area contributed by atoms with Gasteiger partial charge in [0, 0.05) is 6.54 Å². The average molecular weight is 358 g/mol. The van der Waals surface area contributed by atoms with Gasteiger partial charge in [-0.25, -0.2) is 0 Å². The van der Waals surface area contributed by atoms with E-state index in [0.717, 1.165) is 38.6 Å². The van der Waals surface area contributed by atoms with Crippen LogP contribution in [0.25, 0.3) is 0 Å². The molecule has 0 spiro atoms. The number of aliphatic hydroxyl groups excluding tert-OH is 1. The van der Waals surface area contributed by atoms with Crippen LogP contribution in [0.4, 0.5) is 0 Å². The van der Waals surface area contributed by atoms with Crippen LogP contribution in [-0.2, 0) is 9.53 Å². The topological polar surface area (TPSA) is 58.6 Å². The first-order valence-electron chi connectivity index (χ1n) is 10.5. The number of carbonyl (C=O) groups excluding carboxylic acids is 1. The molecule has 25 heavy (non-hydrogen) atoms. The van der Waals surface area contributed by atoms with Crippen molar-refractivity contribution >= 4 is 5.97 Å². The summed E-state index contributed by atoms with van der Waals surface area (Å²) in [6.45, 7) is 8.66. The number of aliphatic hydroxyl groups is 1. The van der Waals surface area contributed by atoms with Crippen molar-refractivity contribution in [2.45, 2.75) is 97.8 Å². The van der Waals surface area contributed by atoms with Gasteiger partial charge in [-0.1, -0.05) is 64.7 Å². The molecular weight excluding hydrogens is 314 g/mol. The van der Waals surface area contributed by atoms with E-state index >= 15 is 0 Å². The predicted molar refractivity (Wildman–Crippen MR) is 106 cm³/mol. The molecule has 0 saturated carbocycles. The molecule has 4 nitrogen and oxygen atoms in total. The summed E-state index contributed by atoms with van der Waals surface area (Å²) in [5.41, 5.74) is -0.365. The lowest BCUT2D eigenvalue weighted by Gasteiger charge is -2.22. The number of rotatable bonds is 18. The molecule has 150 valence electrons. The zero-order chi connectivity index (χ0) is 18.8. The predicted octanol–water partition coefficient (Wildman–Crippen LogP) is 4.84. The lowest BCUT2D eigenvalue weighted by Crippen LogP contribution is -2.27. The molecule has 0 atom stereocenters. The standard InChI is InChI=1S/C21H43NO3/c1-4-5-6-7-8-11-14-19-25-20(24)21(2,3)15-12-9-10-13-16-22-17-18-23/h22-23H,4-19H2,1-3H3. The fraction of sp³-hybridized carbons (Fsp3) is 0.952. The van der Waals surface area contributed by atoms with Crippen LogP contribution < -0.4 is 5.32 Å². The van der Waals surface area contributed by atoms with Crippen molar-refractivity contribution in [2.24, 2.45) is 5.41 Å². The second kappa shape index (κ2) is 16.8. The van der Waals surface area contributed by atoms with E-state index in [0.29, 0.717) is 13.2 Å². The number of nitrogens with one attached hydrogen (secondary N) is 1. The quantitative estimate of drug-likeness (QED) is 0.272. The van der Waals surface area contributed by atoms with Crippen LogP contribution in [0.3, 0.4) is 0 Å². The van der Waals surface area contributed by atoms with Crippen LogP contribution in [0.15, 0.2) is 0 Å². The summed E-state index contributed by atoms with van der Waals surface area (Å²) in [7, 11) is 0. The molecule has 0 heterocycles. The third-order valence-corrected chi connectivity index (χ3v) is 4.73. The maximum atomic E-state index is 12.2. The van der Waals surface area contributed by atoms with Crippen molar-refractivity contribution in [2.75, 3.05) is 26.3 Å². The van der Waals surface area contributed by atoms with Gasteiger partial charge in [0.15, 0.2) is 0 Å². The Kier molecular flexibility index (Phi) is 16.4. The Morgan fingerprint density at radius 1 is 0.880 bits per heavy atom. The van der Waals surface area contributed by atoms with Crippen molar-refractivity contribution in [1.82, 2.24) is 5.32 Å².